The number of carbonyl (C=O) groups excluding carboxylic acids is 3. The fourth-order valence-electron chi connectivity index (χ4n) is 1.98. The molecule has 0 aromatic rings. The second kappa shape index (κ2) is 7.49. The molecule has 1 N–H and O–H groups in total. The SMILES string of the molecule is C/C=C\C(=O)N1CSC[C@@H]1C(=O)N[C@@](C)(CC)C(=O)OC. The summed E-state index contributed by atoms with van der Waals surface area (Å²) in [5.41, 5.74) is -1.07. The van der Waals surface area contributed by atoms with Crippen molar-refractivity contribution < 1.29 is 19.1 Å². The Morgan fingerprint density at radius 3 is 2.67 bits per heavy atom. The maximum Gasteiger partial charge on any atom is 0.331 e. The van der Waals surface area contributed by atoms with E-state index in [0.717, 1.165) is 0 Å². The minimum Gasteiger partial charge on any atom is -0.467 e. The minimum absolute atomic E-state index is 0.195. The van der Waals surface area contributed by atoms with Crippen molar-refractivity contribution in [3.8, 4) is 0 Å². The second-order valence-corrected chi connectivity index (χ2v) is 5.99. The molecule has 0 bridgehead atoms. The van der Waals surface area contributed by atoms with Gasteiger partial charge in [0.1, 0.15) is 11.6 Å². The van der Waals surface area contributed by atoms with Gasteiger partial charge in [0.2, 0.25) is 11.8 Å². The first-order chi connectivity index (χ1) is 9.89. The number of carbonyl (C=O) groups is 3. The molecule has 0 aliphatic carbocycles. The first kappa shape index (κ1) is 17.6. The number of thioether (sulfide) groups is 1. The van der Waals surface area contributed by atoms with E-state index in [2.05, 4.69) is 5.32 Å². The lowest BCUT2D eigenvalue weighted by Gasteiger charge is -2.30. The number of nitrogens with zero attached hydrogens (tertiary/aromatic N) is 1. The predicted octanol–water partition coefficient (Wildman–Crippen LogP) is 0.922. The maximum absolute atomic E-state index is 12.4. The smallest absolute Gasteiger partial charge is 0.331 e. The lowest BCUT2D eigenvalue weighted by atomic mass is 9.98. The van der Waals surface area contributed by atoms with Crippen LogP contribution in [0.5, 0.6) is 0 Å². The van der Waals surface area contributed by atoms with Crippen LogP contribution < -0.4 is 5.32 Å². The van der Waals surface area contributed by atoms with Gasteiger partial charge in [0.15, 0.2) is 0 Å². The third-order valence-electron chi connectivity index (χ3n) is 3.52. The Morgan fingerprint density at radius 2 is 2.14 bits per heavy atom. The summed E-state index contributed by atoms with van der Waals surface area (Å²) in [6.07, 6.45) is 3.49. The highest BCUT2D eigenvalue weighted by Gasteiger charge is 2.40. The summed E-state index contributed by atoms with van der Waals surface area (Å²) in [7, 11) is 1.29. The van der Waals surface area contributed by atoms with Crippen molar-refractivity contribution in [1.82, 2.24) is 10.2 Å². The Labute approximate surface area is 129 Å². The third-order valence-corrected chi connectivity index (χ3v) is 4.53. The molecule has 0 saturated carbocycles. The van der Waals surface area contributed by atoms with Gasteiger partial charge < -0.3 is 15.0 Å². The Hall–Kier alpha value is -1.50. The molecule has 2 atom stereocenters. The van der Waals surface area contributed by atoms with Crippen LogP contribution in [0.3, 0.4) is 0 Å². The number of hydrogen-bond donors (Lipinski definition) is 1. The highest BCUT2D eigenvalue weighted by atomic mass is 32.2. The Kier molecular flexibility index (Phi) is 6.26. The van der Waals surface area contributed by atoms with Crippen molar-refractivity contribution in [1.29, 1.82) is 0 Å². The molecule has 1 heterocycles. The van der Waals surface area contributed by atoms with Gasteiger partial charge in [0.05, 0.1) is 13.0 Å². The normalized spacial score (nSPS) is 21.1. The summed E-state index contributed by atoms with van der Waals surface area (Å²) < 4.78 is 4.73. The Balaban J connectivity index is 2.82. The van der Waals surface area contributed by atoms with Gasteiger partial charge in [-0.05, 0) is 26.3 Å². The molecule has 21 heavy (non-hydrogen) atoms. The van der Waals surface area contributed by atoms with Crippen molar-refractivity contribution in [3.63, 3.8) is 0 Å². The van der Waals surface area contributed by atoms with Gasteiger partial charge in [0, 0.05) is 5.75 Å². The number of nitrogens with one attached hydrogen (secondary N) is 1. The van der Waals surface area contributed by atoms with E-state index in [1.54, 1.807) is 26.8 Å². The standard InChI is InChI=1S/C14H22N2O4S/c1-5-7-11(17)16-9-21-8-10(16)12(18)15-14(3,6-2)13(19)20-4/h5,7,10H,6,8-9H2,1-4H3,(H,15,18)/b7-5-/t10-,14+/m1/s1. The largest absolute Gasteiger partial charge is 0.467 e. The average Bonchev–Trinajstić information content (AvgIpc) is 2.96. The monoisotopic (exact) mass is 314 g/mol. The summed E-state index contributed by atoms with van der Waals surface area (Å²) >= 11 is 1.51. The summed E-state index contributed by atoms with van der Waals surface area (Å²) in [5.74, 6) is -0.0137. The van der Waals surface area contributed by atoms with E-state index in [0.29, 0.717) is 18.1 Å². The van der Waals surface area contributed by atoms with Crippen LogP contribution in [-0.4, -0.2) is 53.0 Å². The van der Waals surface area contributed by atoms with E-state index in [1.807, 2.05) is 0 Å². The fourth-order valence-corrected chi connectivity index (χ4v) is 3.14. The van der Waals surface area contributed by atoms with Gasteiger partial charge in [-0.25, -0.2) is 4.79 Å². The van der Waals surface area contributed by atoms with Crippen LogP contribution in [-0.2, 0) is 19.1 Å². The Morgan fingerprint density at radius 1 is 1.48 bits per heavy atom. The van der Waals surface area contributed by atoms with Crippen LogP contribution in [0.25, 0.3) is 0 Å². The second-order valence-electron chi connectivity index (χ2n) is 4.99. The molecule has 2 amide bonds. The van der Waals surface area contributed by atoms with Crippen molar-refractivity contribution in [2.75, 3.05) is 18.7 Å². The zero-order chi connectivity index (χ0) is 16.0. The third kappa shape index (κ3) is 4.00. The number of amides is 2. The van der Waals surface area contributed by atoms with Gasteiger partial charge in [-0.1, -0.05) is 13.0 Å². The molecular weight excluding hydrogens is 292 g/mol. The van der Waals surface area contributed by atoms with E-state index in [4.69, 9.17) is 4.74 Å². The molecule has 0 spiro atoms. The summed E-state index contributed by atoms with van der Waals surface area (Å²) in [4.78, 5) is 37.7. The zero-order valence-electron chi connectivity index (χ0n) is 12.8. The van der Waals surface area contributed by atoms with E-state index in [1.165, 1.54) is 29.8 Å². The fraction of sp³-hybridized carbons (Fsp3) is 0.643. The van der Waals surface area contributed by atoms with E-state index < -0.39 is 17.6 Å². The number of allylic oxidation sites excluding steroid dienone is 1. The average molecular weight is 314 g/mol. The zero-order valence-corrected chi connectivity index (χ0v) is 13.7. The first-order valence-electron chi connectivity index (χ1n) is 6.81. The number of methoxy groups -OCH3 is 1. The molecule has 0 unspecified atom stereocenters. The summed E-state index contributed by atoms with van der Waals surface area (Å²) in [6.45, 7) is 5.17. The molecule has 6 nitrogen and oxygen atoms in total. The summed E-state index contributed by atoms with van der Waals surface area (Å²) in [6, 6.07) is -0.561. The maximum atomic E-state index is 12.4. The van der Waals surface area contributed by atoms with Crippen LogP contribution in [0.15, 0.2) is 12.2 Å². The van der Waals surface area contributed by atoms with E-state index in [-0.39, 0.29) is 11.8 Å². The number of rotatable bonds is 5. The van der Waals surface area contributed by atoms with Crippen molar-refractivity contribution in [2.24, 2.45) is 0 Å². The van der Waals surface area contributed by atoms with Gasteiger partial charge >= 0.3 is 5.97 Å². The quantitative estimate of drug-likeness (QED) is 0.603. The lowest BCUT2D eigenvalue weighted by molar-refractivity contribution is -0.151. The van der Waals surface area contributed by atoms with Crippen LogP contribution in [0, 0.1) is 0 Å². The molecule has 0 aromatic heterocycles. The molecule has 7 heteroatoms. The van der Waals surface area contributed by atoms with Crippen LogP contribution in [0.2, 0.25) is 0 Å². The van der Waals surface area contributed by atoms with E-state index >= 15 is 0 Å². The topological polar surface area (TPSA) is 75.7 Å². The highest BCUT2D eigenvalue weighted by Crippen LogP contribution is 2.22. The lowest BCUT2D eigenvalue weighted by Crippen LogP contribution is -2.57. The van der Waals surface area contributed by atoms with Crippen LogP contribution in [0.1, 0.15) is 27.2 Å². The molecule has 1 saturated heterocycles. The molecular formula is C14H22N2O4S. The molecule has 1 fully saturated rings. The molecule has 0 aromatic carbocycles. The molecule has 1 aliphatic rings. The van der Waals surface area contributed by atoms with Crippen LogP contribution in [0.4, 0.5) is 0 Å². The number of esters is 1. The van der Waals surface area contributed by atoms with Gasteiger partial charge in [-0.15, -0.1) is 11.8 Å². The molecule has 1 aliphatic heterocycles. The van der Waals surface area contributed by atoms with Gasteiger partial charge in [-0.2, -0.15) is 0 Å². The van der Waals surface area contributed by atoms with Crippen molar-refractivity contribution >= 4 is 29.5 Å². The van der Waals surface area contributed by atoms with E-state index in [9.17, 15) is 14.4 Å². The summed E-state index contributed by atoms with van der Waals surface area (Å²) in [5, 5.41) is 2.72. The first-order valence-corrected chi connectivity index (χ1v) is 7.96. The Bertz CT molecular complexity index is 452. The molecule has 0 radical (unpaired) electrons. The van der Waals surface area contributed by atoms with Crippen molar-refractivity contribution in [3.05, 3.63) is 12.2 Å². The molecule has 1 rings (SSSR count). The highest BCUT2D eigenvalue weighted by molar-refractivity contribution is 7.99. The molecule has 118 valence electrons. The van der Waals surface area contributed by atoms with Crippen molar-refractivity contribution in [2.45, 2.75) is 38.8 Å². The van der Waals surface area contributed by atoms with Gasteiger partial charge in [0.25, 0.3) is 0 Å². The predicted molar refractivity (Wildman–Crippen MR) is 81.6 cm³/mol. The number of ether oxygens (including phenoxy) is 1. The van der Waals surface area contributed by atoms with Gasteiger partial charge in [-0.3, -0.25) is 9.59 Å². The van der Waals surface area contributed by atoms with Crippen LogP contribution >= 0.6 is 11.8 Å². The number of hydrogen-bond acceptors (Lipinski definition) is 5. The minimum atomic E-state index is -1.07.